The number of rotatable bonds is 4. The van der Waals surface area contributed by atoms with Gasteiger partial charge in [0, 0.05) is 18.7 Å². The average Bonchev–Trinajstić information content (AvgIpc) is 3.15. The van der Waals surface area contributed by atoms with E-state index in [0.29, 0.717) is 5.92 Å². The summed E-state index contributed by atoms with van der Waals surface area (Å²) in [5.74, 6) is 0.981. The third kappa shape index (κ3) is 4.05. The Balaban J connectivity index is 1.33. The van der Waals surface area contributed by atoms with Crippen LogP contribution >= 0.6 is 0 Å². The first-order chi connectivity index (χ1) is 13.2. The highest BCUT2D eigenvalue weighted by molar-refractivity contribution is 5.94. The monoisotopic (exact) mass is 362 g/mol. The zero-order valence-corrected chi connectivity index (χ0v) is 15.8. The lowest BCUT2D eigenvalue weighted by Crippen LogP contribution is -2.38. The van der Waals surface area contributed by atoms with Crippen LogP contribution in [0.15, 0.2) is 59.8 Å². The zero-order valence-electron chi connectivity index (χ0n) is 15.8. The van der Waals surface area contributed by atoms with Gasteiger partial charge in [-0.15, -0.1) is 0 Å². The SMILES string of the molecule is CC1ON=CC1c1ccc(C(=O)N2CCC(Cc3ccccc3)CC2)cc1. The predicted molar refractivity (Wildman–Crippen MR) is 107 cm³/mol. The largest absolute Gasteiger partial charge is 0.392 e. The number of piperidine rings is 1. The van der Waals surface area contributed by atoms with Gasteiger partial charge in [0.25, 0.3) is 5.91 Å². The highest BCUT2D eigenvalue weighted by Crippen LogP contribution is 2.26. The van der Waals surface area contributed by atoms with Gasteiger partial charge in [0.15, 0.2) is 0 Å². The van der Waals surface area contributed by atoms with Crippen LogP contribution in [0.25, 0.3) is 0 Å². The van der Waals surface area contributed by atoms with E-state index in [4.69, 9.17) is 4.84 Å². The first kappa shape index (κ1) is 17.8. The van der Waals surface area contributed by atoms with E-state index in [0.717, 1.165) is 43.5 Å². The number of amides is 1. The Morgan fingerprint density at radius 1 is 1.07 bits per heavy atom. The van der Waals surface area contributed by atoms with Crippen LogP contribution in [0.4, 0.5) is 0 Å². The van der Waals surface area contributed by atoms with Crippen LogP contribution in [-0.4, -0.2) is 36.2 Å². The maximum absolute atomic E-state index is 12.8. The Labute approximate surface area is 160 Å². The molecule has 1 saturated heterocycles. The molecule has 2 aliphatic rings. The fourth-order valence-electron chi connectivity index (χ4n) is 4.06. The number of carbonyl (C=O) groups is 1. The summed E-state index contributed by atoms with van der Waals surface area (Å²) in [6.07, 6.45) is 5.15. The Kier molecular flexibility index (Phi) is 5.23. The molecule has 0 saturated carbocycles. The molecule has 0 bridgehead atoms. The summed E-state index contributed by atoms with van der Waals surface area (Å²) in [6.45, 7) is 3.70. The van der Waals surface area contributed by atoms with Crippen LogP contribution in [0.5, 0.6) is 0 Å². The van der Waals surface area contributed by atoms with E-state index in [1.165, 1.54) is 5.56 Å². The summed E-state index contributed by atoms with van der Waals surface area (Å²) in [5.41, 5.74) is 3.30. The molecule has 140 valence electrons. The van der Waals surface area contributed by atoms with Crippen LogP contribution in [0.1, 0.15) is 47.2 Å². The molecule has 0 aliphatic carbocycles. The molecule has 2 aromatic rings. The summed E-state index contributed by atoms with van der Waals surface area (Å²) in [6, 6.07) is 18.6. The maximum atomic E-state index is 12.8. The van der Waals surface area contributed by atoms with Crippen molar-refractivity contribution in [3.63, 3.8) is 0 Å². The molecule has 2 unspecified atom stereocenters. The summed E-state index contributed by atoms with van der Waals surface area (Å²) in [7, 11) is 0. The fourth-order valence-corrected chi connectivity index (χ4v) is 4.06. The third-order valence-corrected chi connectivity index (χ3v) is 5.77. The molecule has 2 aromatic carbocycles. The van der Waals surface area contributed by atoms with Crippen LogP contribution in [0, 0.1) is 5.92 Å². The highest BCUT2D eigenvalue weighted by atomic mass is 16.6. The quantitative estimate of drug-likeness (QED) is 0.815. The van der Waals surface area contributed by atoms with Gasteiger partial charge in [0.2, 0.25) is 0 Å². The van der Waals surface area contributed by atoms with Gasteiger partial charge in [0.1, 0.15) is 6.10 Å². The summed E-state index contributed by atoms with van der Waals surface area (Å²) in [4.78, 5) is 20.1. The van der Waals surface area contributed by atoms with Crippen molar-refractivity contribution >= 4 is 12.1 Å². The van der Waals surface area contributed by atoms with E-state index in [1.807, 2.05) is 42.3 Å². The van der Waals surface area contributed by atoms with E-state index < -0.39 is 0 Å². The topological polar surface area (TPSA) is 41.9 Å². The minimum Gasteiger partial charge on any atom is -0.392 e. The molecule has 4 rings (SSSR count). The van der Waals surface area contributed by atoms with Crippen molar-refractivity contribution in [2.75, 3.05) is 13.1 Å². The normalized spacial score (nSPS) is 22.6. The van der Waals surface area contributed by atoms with Gasteiger partial charge in [0.05, 0.1) is 12.1 Å². The molecule has 0 radical (unpaired) electrons. The van der Waals surface area contributed by atoms with E-state index >= 15 is 0 Å². The maximum Gasteiger partial charge on any atom is 0.253 e. The summed E-state index contributed by atoms with van der Waals surface area (Å²) < 4.78 is 0. The second-order valence-corrected chi connectivity index (χ2v) is 7.64. The lowest BCUT2D eigenvalue weighted by atomic mass is 9.90. The first-order valence-electron chi connectivity index (χ1n) is 9.83. The highest BCUT2D eigenvalue weighted by Gasteiger charge is 2.26. The number of likely N-dealkylation sites (tertiary alicyclic amines) is 1. The Bertz CT molecular complexity index is 793. The van der Waals surface area contributed by atoms with Crippen molar-refractivity contribution < 1.29 is 9.63 Å². The van der Waals surface area contributed by atoms with Crippen molar-refractivity contribution in [1.82, 2.24) is 4.90 Å². The van der Waals surface area contributed by atoms with Crippen molar-refractivity contribution in [3.05, 3.63) is 71.3 Å². The molecule has 4 nitrogen and oxygen atoms in total. The molecule has 27 heavy (non-hydrogen) atoms. The second-order valence-electron chi connectivity index (χ2n) is 7.64. The van der Waals surface area contributed by atoms with Crippen LogP contribution in [0.2, 0.25) is 0 Å². The Morgan fingerprint density at radius 2 is 1.78 bits per heavy atom. The minimum atomic E-state index is 0.0511. The molecule has 1 amide bonds. The van der Waals surface area contributed by atoms with Gasteiger partial charge in [-0.05, 0) is 55.4 Å². The van der Waals surface area contributed by atoms with Crippen molar-refractivity contribution in [3.8, 4) is 0 Å². The predicted octanol–water partition coefficient (Wildman–Crippen LogP) is 4.27. The van der Waals surface area contributed by atoms with Gasteiger partial charge in [-0.2, -0.15) is 0 Å². The van der Waals surface area contributed by atoms with Crippen LogP contribution < -0.4 is 0 Å². The lowest BCUT2D eigenvalue weighted by molar-refractivity contribution is 0.0690. The number of benzene rings is 2. The van der Waals surface area contributed by atoms with Crippen molar-refractivity contribution in [1.29, 1.82) is 0 Å². The number of hydrogen-bond acceptors (Lipinski definition) is 3. The smallest absolute Gasteiger partial charge is 0.253 e. The number of hydrogen-bond donors (Lipinski definition) is 0. The molecular weight excluding hydrogens is 336 g/mol. The van der Waals surface area contributed by atoms with E-state index in [-0.39, 0.29) is 17.9 Å². The van der Waals surface area contributed by atoms with E-state index in [2.05, 4.69) is 35.5 Å². The number of oxime groups is 1. The van der Waals surface area contributed by atoms with E-state index in [9.17, 15) is 4.79 Å². The lowest BCUT2D eigenvalue weighted by Gasteiger charge is -2.32. The minimum absolute atomic E-state index is 0.0511. The molecule has 2 aliphatic heterocycles. The third-order valence-electron chi connectivity index (χ3n) is 5.77. The van der Waals surface area contributed by atoms with Crippen molar-refractivity contribution in [2.45, 2.75) is 38.2 Å². The van der Waals surface area contributed by atoms with Gasteiger partial charge >= 0.3 is 0 Å². The number of nitrogens with zero attached hydrogens (tertiary/aromatic N) is 2. The molecular formula is C23H26N2O2. The molecule has 0 aromatic heterocycles. The number of carbonyl (C=O) groups excluding carboxylic acids is 1. The van der Waals surface area contributed by atoms with Crippen LogP contribution in [-0.2, 0) is 11.3 Å². The molecule has 1 fully saturated rings. The summed E-state index contributed by atoms with van der Waals surface area (Å²) >= 11 is 0. The van der Waals surface area contributed by atoms with E-state index in [1.54, 1.807) is 0 Å². The van der Waals surface area contributed by atoms with Gasteiger partial charge in [-0.3, -0.25) is 4.79 Å². The Morgan fingerprint density at radius 3 is 2.41 bits per heavy atom. The molecule has 2 heterocycles. The van der Waals surface area contributed by atoms with Gasteiger partial charge in [-0.25, -0.2) is 0 Å². The van der Waals surface area contributed by atoms with Gasteiger partial charge in [-0.1, -0.05) is 47.6 Å². The Hall–Kier alpha value is -2.62. The average molecular weight is 362 g/mol. The fraction of sp³-hybridized carbons (Fsp3) is 0.391. The molecule has 0 spiro atoms. The second kappa shape index (κ2) is 7.95. The molecule has 4 heteroatoms. The van der Waals surface area contributed by atoms with Crippen molar-refractivity contribution in [2.24, 2.45) is 11.1 Å². The molecule has 0 N–H and O–H groups in total. The zero-order chi connectivity index (χ0) is 18.6. The summed E-state index contributed by atoms with van der Waals surface area (Å²) in [5, 5.41) is 3.89. The first-order valence-corrected chi connectivity index (χ1v) is 9.83. The standard InChI is InChI=1S/C23H26N2O2/c1-17-22(16-24-27-17)20-7-9-21(10-8-20)23(26)25-13-11-19(12-14-25)15-18-5-3-2-4-6-18/h2-10,16-17,19,22H,11-15H2,1H3. The molecule has 2 atom stereocenters. The van der Waals surface area contributed by atoms with Gasteiger partial charge < -0.3 is 9.74 Å². The van der Waals surface area contributed by atoms with Crippen LogP contribution in [0.3, 0.4) is 0 Å².